The molecule has 0 aliphatic rings. The molecule has 0 bridgehead atoms. The molecule has 1 heterocycles. The molecule has 0 aromatic carbocycles. The molecule has 0 atom stereocenters. The molecule has 6 heteroatoms. The van der Waals surface area contributed by atoms with Crippen LogP contribution in [-0.2, 0) is 20.7 Å². The fourth-order valence-corrected chi connectivity index (χ4v) is 1.99. The van der Waals surface area contributed by atoms with Gasteiger partial charge in [-0.05, 0) is 6.92 Å². The number of aryl methyl sites for hydroxylation is 1. The summed E-state index contributed by atoms with van der Waals surface area (Å²) in [6.45, 7) is 3.21. The smallest absolute Gasteiger partial charge is 0.310 e. The van der Waals surface area contributed by atoms with E-state index >= 15 is 0 Å². The molecule has 82 valence electrons. The maximum Gasteiger partial charge on any atom is 0.310 e. The third kappa shape index (κ3) is 3.32. The first-order chi connectivity index (χ1) is 7.02. The van der Waals surface area contributed by atoms with Crippen molar-refractivity contribution in [3.63, 3.8) is 0 Å². The SMILES string of the molecule is COC(=O)Cc1sc(NC(C)=O)nc1C. The Morgan fingerprint density at radius 2 is 2.20 bits per heavy atom. The first-order valence-corrected chi connectivity index (χ1v) is 5.15. The summed E-state index contributed by atoms with van der Waals surface area (Å²) in [5.41, 5.74) is 0.745. The molecule has 15 heavy (non-hydrogen) atoms. The molecule has 0 spiro atoms. The van der Waals surface area contributed by atoms with Gasteiger partial charge in [-0.25, -0.2) is 4.98 Å². The summed E-state index contributed by atoms with van der Waals surface area (Å²) in [6.07, 6.45) is 0.194. The maximum absolute atomic E-state index is 11.0. The number of carbonyl (C=O) groups is 2. The maximum atomic E-state index is 11.0. The van der Waals surface area contributed by atoms with E-state index in [1.54, 1.807) is 6.92 Å². The predicted octanol–water partition coefficient (Wildman–Crippen LogP) is 1.13. The minimum Gasteiger partial charge on any atom is -0.469 e. The quantitative estimate of drug-likeness (QED) is 0.787. The van der Waals surface area contributed by atoms with Crippen molar-refractivity contribution in [1.82, 2.24) is 4.98 Å². The lowest BCUT2D eigenvalue weighted by Gasteiger charge is -1.95. The Hall–Kier alpha value is -1.43. The van der Waals surface area contributed by atoms with Crippen molar-refractivity contribution in [3.8, 4) is 0 Å². The van der Waals surface area contributed by atoms with Gasteiger partial charge in [0.15, 0.2) is 5.13 Å². The second kappa shape index (κ2) is 4.88. The Balaban J connectivity index is 2.77. The zero-order chi connectivity index (χ0) is 11.4. The number of thiazole rings is 1. The molecular weight excluding hydrogens is 216 g/mol. The monoisotopic (exact) mass is 228 g/mol. The topological polar surface area (TPSA) is 68.3 Å². The molecule has 1 rings (SSSR count). The van der Waals surface area contributed by atoms with Crippen LogP contribution in [0.3, 0.4) is 0 Å². The third-order valence-corrected chi connectivity index (χ3v) is 2.78. The molecular formula is C9H12N2O3S. The van der Waals surface area contributed by atoms with E-state index in [0.29, 0.717) is 5.13 Å². The van der Waals surface area contributed by atoms with Crippen molar-refractivity contribution in [1.29, 1.82) is 0 Å². The van der Waals surface area contributed by atoms with Gasteiger partial charge in [-0.15, -0.1) is 11.3 Å². The normalized spacial score (nSPS) is 9.80. The fraction of sp³-hybridized carbons (Fsp3) is 0.444. The summed E-state index contributed by atoms with van der Waals surface area (Å²) in [5, 5.41) is 3.09. The van der Waals surface area contributed by atoms with Crippen molar-refractivity contribution >= 4 is 28.3 Å². The van der Waals surface area contributed by atoms with Crippen LogP contribution in [0.2, 0.25) is 0 Å². The van der Waals surface area contributed by atoms with E-state index in [-0.39, 0.29) is 18.3 Å². The van der Waals surface area contributed by atoms with Gasteiger partial charge in [-0.3, -0.25) is 9.59 Å². The Labute approximate surface area is 91.5 Å². The number of aromatic nitrogens is 1. The second-order valence-electron chi connectivity index (χ2n) is 2.96. The van der Waals surface area contributed by atoms with Crippen molar-refractivity contribution in [2.24, 2.45) is 0 Å². The Bertz CT molecular complexity index is 387. The van der Waals surface area contributed by atoms with Gasteiger partial charge in [0.25, 0.3) is 0 Å². The van der Waals surface area contributed by atoms with Crippen LogP contribution in [0.5, 0.6) is 0 Å². The standard InChI is InChI=1S/C9H12N2O3S/c1-5-7(4-8(13)14-3)15-9(10-5)11-6(2)12/h4H2,1-3H3,(H,10,11,12). The van der Waals surface area contributed by atoms with Crippen LogP contribution >= 0.6 is 11.3 Å². The van der Waals surface area contributed by atoms with Crippen LogP contribution in [0.25, 0.3) is 0 Å². The number of anilines is 1. The number of esters is 1. The summed E-state index contributed by atoms with van der Waals surface area (Å²) in [7, 11) is 1.34. The average molecular weight is 228 g/mol. The lowest BCUT2D eigenvalue weighted by molar-refractivity contribution is -0.139. The van der Waals surface area contributed by atoms with E-state index in [0.717, 1.165) is 10.6 Å². The molecule has 1 amide bonds. The van der Waals surface area contributed by atoms with Crippen molar-refractivity contribution < 1.29 is 14.3 Å². The Morgan fingerprint density at radius 1 is 1.53 bits per heavy atom. The summed E-state index contributed by atoms with van der Waals surface area (Å²) in [4.78, 5) is 26.7. The number of methoxy groups -OCH3 is 1. The molecule has 0 aliphatic carbocycles. The van der Waals surface area contributed by atoms with Crippen LogP contribution in [0, 0.1) is 6.92 Å². The van der Waals surface area contributed by atoms with E-state index in [2.05, 4.69) is 15.0 Å². The molecule has 1 N–H and O–H groups in total. The average Bonchev–Trinajstić information content (AvgIpc) is 2.45. The van der Waals surface area contributed by atoms with Crippen LogP contribution in [0.1, 0.15) is 17.5 Å². The number of hydrogen-bond donors (Lipinski definition) is 1. The molecule has 5 nitrogen and oxygen atoms in total. The summed E-state index contributed by atoms with van der Waals surface area (Å²) >= 11 is 1.29. The number of amides is 1. The number of rotatable bonds is 3. The third-order valence-electron chi connectivity index (χ3n) is 1.71. The fourth-order valence-electron chi connectivity index (χ4n) is 0.999. The van der Waals surface area contributed by atoms with Crippen molar-refractivity contribution in [2.45, 2.75) is 20.3 Å². The zero-order valence-electron chi connectivity index (χ0n) is 8.79. The molecule has 1 aromatic heterocycles. The highest BCUT2D eigenvalue weighted by atomic mass is 32.1. The number of nitrogens with zero attached hydrogens (tertiary/aromatic N) is 1. The molecule has 0 radical (unpaired) electrons. The van der Waals surface area contributed by atoms with E-state index in [1.165, 1.54) is 25.4 Å². The molecule has 0 fully saturated rings. The lowest BCUT2D eigenvalue weighted by Crippen LogP contribution is -2.04. The van der Waals surface area contributed by atoms with E-state index in [9.17, 15) is 9.59 Å². The van der Waals surface area contributed by atoms with E-state index < -0.39 is 0 Å². The molecule has 1 aromatic rings. The second-order valence-corrected chi connectivity index (χ2v) is 4.05. The summed E-state index contributed by atoms with van der Waals surface area (Å²) in [5.74, 6) is -0.482. The largest absolute Gasteiger partial charge is 0.469 e. The van der Waals surface area contributed by atoms with Gasteiger partial charge >= 0.3 is 5.97 Å². The van der Waals surface area contributed by atoms with Crippen molar-refractivity contribution in [2.75, 3.05) is 12.4 Å². The summed E-state index contributed by atoms with van der Waals surface area (Å²) < 4.78 is 4.55. The molecule has 0 aliphatic heterocycles. The lowest BCUT2D eigenvalue weighted by atomic mass is 10.3. The molecule has 0 unspecified atom stereocenters. The van der Waals surface area contributed by atoms with Gasteiger partial charge in [0.1, 0.15) is 0 Å². The highest BCUT2D eigenvalue weighted by Gasteiger charge is 2.12. The van der Waals surface area contributed by atoms with E-state index in [1.807, 2.05) is 0 Å². The number of carbonyl (C=O) groups excluding carboxylic acids is 2. The van der Waals surface area contributed by atoms with Gasteiger partial charge in [0.05, 0.1) is 19.2 Å². The highest BCUT2D eigenvalue weighted by molar-refractivity contribution is 7.16. The van der Waals surface area contributed by atoms with E-state index in [4.69, 9.17) is 0 Å². The Kier molecular flexibility index (Phi) is 3.79. The van der Waals surface area contributed by atoms with Gasteiger partial charge in [-0.1, -0.05) is 0 Å². The van der Waals surface area contributed by atoms with Gasteiger partial charge in [0, 0.05) is 11.8 Å². The van der Waals surface area contributed by atoms with Gasteiger partial charge < -0.3 is 10.1 Å². The Morgan fingerprint density at radius 3 is 2.73 bits per heavy atom. The number of nitrogens with one attached hydrogen (secondary N) is 1. The first kappa shape index (κ1) is 11.6. The predicted molar refractivity (Wildman–Crippen MR) is 56.9 cm³/mol. The minimum absolute atomic E-state index is 0.173. The number of ether oxygens (including phenoxy) is 1. The highest BCUT2D eigenvalue weighted by Crippen LogP contribution is 2.23. The van der Waals surface area contributed by atoms with Crippen LogP contribution in [0.15, 0.2) is 0 Å². The van der Waals surface area contributed by atoms with Crippen LogP contribution in [0.4, 0.5) is 5.13 Å². The van der Waals surface area contributed by atoms with Crippen molar-refractivity contribution in [3.05, 3.63) is 10.6 Å². The summed E-state index contributed by atoms with van der Waals surface area (Å²) in [6, 6.07) is 0. The van der Waals surface area contributed by atoms with Gasteiger partial charge in [-0.2, -0.15) is 0 Å². The zero-order valence-corrected chi connectivity index (χ0v) is 9.60. The minimum atomic E-state index is -0.309. The first-order valence-electron chi connectivity index (χ1n) is 4.33. The number of hydrogen-bond acceptors (Lipinski definition) is 5. The molecule has 0 saturated heterocycles. The molecule has 0 saturated carbocycles. The van der Waals surface area contributed by atoms with Crippen LogP contribution < -0.4 is 5.32 Å². The van der Waals surface area contributed by atoms with Gasteiger partial charge in [0.2, 0.25) is 5.91 Å². The van der Waals surface area contributed by atoms with Crippen LogP contribution in [-0.4, -0.2) is 24.0 Å².